The van der Waals surface area contributed by atoms with E-state index < -0.39 is 6.10 Å². The second-order valence-corrected chi connectivity index (χ2v) is 8.33. The highest BCUT2D eigenvalue weighted by molar-refractivity contribution is 5.96. The van der Waals surface area contributed by atoms with Crippen LogP contribution in [-0.2, 0) is 11.2 Å². The van der Waals surface area contributed by atoms with Crippen molar-refractivity contribution in [2.24, 2.45) is 0 Å². The molecule has 0 bridgehead atoms. The number of carbonyl (C=O) groups is 2. The van der Waals surface area contributed by atoms with Gasteiger partial charge in [-0.3, -0.25) is 9.69 Å². The highest BCUT2D eigenvalue weighted by Gasteiger charge is 2.30. The predicted octanol–water partition coefficient (Wildman–Crippen LogP) is 2.78. The molecule has 8 heteroatoms. The topological polar surface area (TPSA) is 91.3 Å². The summed E-state index contributed by atoms with van der Waals surface area (Å²) < 4.78 is 11.1. The Kier molecular flexibility index (Phi) is 6.29. The molecule has 8 nitrogen and oxygen atoms in total. The van der Waals surface area contributed by atoms with Crippen molar-refractivity contribution in [3.63, 3.8) is 0 Å². The van der Waals surface area contributed by atoms with Crippen molar-refractivity contribution in [1.29, 1.82) is 0 Å². The third-order valence-electron chi connectivity index (χ3n) is 6.20. The van der Waals surface area contributed by atoms with Crippen molar-refractivity contribution >= 4 is 23.2 Å². The number of aliphatic hydroxyl groups excluding tert-OH is 1. The van der Waals surface area contributed by atoms with Crippen LogP contribution in [0, 0.1) is 0 Å². The van der Waals surface area contributed by atoms with Crippen molar-refractivity contribution in [3.8, 4) is 11.5 Å². The van der Waals surface area contributed by atoms with E-state index in [1.165, 1.54) is 0 Å². The molecule has 0 spiro atoms. The Bertz CT molecular complexity index is 1100. The number of hydrogen-bond donors (Lipinski definition) is 2. The molecule has 0 saturated carbocycles. The van der Waals surface area contributed by atoms with Crippen LogP contribution in [0.3, 0.4) is 0 Å². The molecule has 2 unspecified atom stereocenters. The first kappa shape index (κ1) is 22.7. The number of rotatable bonds is 4. The van der Waals surface area contributed by atoms with E-state index in [4.69, 9.17) is 9.47 Å². The Morgan fingerprint density at radius 3 is 2.33 bits per heavy atom. The van der Waals surface area contributed by atoms with Crippen LogP contribution in [0.1, 0.15) is 30.0 Å². The molecule has 174 valence electrons. The average Bonchev–Trinajstić information content (AvgIpc) is 3.09. The van der Waals surface area contributed by atoms with Gasteiger partial charge in [0.15, 0.2) is 11.5 Å². The van der Waals surface area contributed by atoms with Crippen LogP contribution in [-0.4, -0.2) is 61.9 Å². The third-order valence-corrected chi connectivity index (χ3v) is 6.20. The zero-order valence-electron chi connectivity index (χ0n) is 19.3. The number of fused-ring (bicyclic) bond motifs is 1. The smallest absolute Gasteiger partial charge is 0.321 e. The summed E-state index contributed by atoms with van der Waals surface area (Å²) in [5.41, 5.74) is 4.48. The van der Waals surface area contributed by atoms with Crippen LogP contribution in [0.5, 0.6) is 11.5 Å². The van der Waals surface area contributed by atoms with Crippen molar-refractivity contribution in [2.75, 3.05) is 32.7 Å². The minimum atomic E-state index is -0.640. The lowest BCUT2D eigenvalue weighted by Gasteiger charge is -2.24. The van der Waals surface area contributed by atoms with Gasteiger partial charge < -0.3 is 24.8 Å². The first-order chi connectivity index (χ1) is 15.9. The summed E-state index contributed by atoms with van der Waals surface area (Å²) >= 11 is 0. The summed E-state index contributed by atoms with van der Waals surface area (Å²) in [6.07, 6.45) is 2.00. The Morgan fingerprint density at radius 2 is 1.76 bits per heavy atom. The quantitative estimate of drug-likeness (QED) is 0.746. The number of amides is 3. The summed E-state index contributed by atoms with van der Waals surface area (Å²) in [6, 6.07) is 11.2. The molecule has 2 aliphatic heterocycles. The monoisotopic (exact) mass is 451 g/mol. The van der Waals surface area contributed by atoms with Crippen LogP contribution in [0.15, 0.2) is 42.6 Å². The van der Waals surface area contributed by atoms with Crippen LogP contribution in [0.4, 0.5) is 10.5 Å². The molecule has 1 saturated heterocycles. The molecule has 2 heterocycles. The molecule has 2 aliphatic rings. The molecule has 3 amide bonds. The lowest BCUT2D eigenvalue weighted by atomic mass is 9.92. The fourth-order valence-electron chi connectivity index (χ4n) is 4.47. The van der Waals surface area contributed by atoms with E-state index in [1.807, 2.05) is 49.5 Å². The Hall–Kier alpha value is -3.52. The summed E-state index contributed by atoms with van der Waals surface area (Å²) in [4.78, 5) is 28.1. The molecule has 2 aromatic rings. The second-order valence-electron chi connectivity index (χ2n) is 8.33. The lowest BCUT2D eigenvalue weighted by molar-refractivity contribution is -0.117. The standard InChI is InChI=1S/C25H29N3O5/c1-15-9-17-10-22(32-3)23(33-4)12-20(17)21(14-27(15)25(31)26-2)16-5-7-18(8-6-16)28-13-19(29)11-24(28)30/h5-8,10,12,14-15,19,29H,9,11,13H2,1-4H3,(H,26,31). The van der Waals surface area contributed by atoms with Crippen LogP contribution < -0.4 is 19.7 Å². The van der Waals surface area contributed by atoms with E-state index >= 15 is 0 Å². The second kappa shape index (κ2) is 9.15. The maximum atomic E-state index is 12.7. The maximum Gasteiger partial charge on any atom is 0.321 e. The number of nitrogens with one attached hydrogen (secondary N) is 1. The summed E-state index contributed by atoms with van der Waals surface area (Å²) in [5.74, 6) is 1.15. The van der Waals surface area contributed by atoms with Crippen molar-refractivity contribution in [2.45, 2.75) is 31.9 Å². The number of aliphatic hydroxyl groups is 1. The Morgan fingerprint density at radius 1 is 1.09 bits per heavy atom. The number of β-amino-alcohol motifs (C(OH)–C–C–N with tert-alkyl or cyclic N) is 1. The molecule has 2 aromatic carbocycles. The molecular weight excluding hydrogens is 422 g/mol. The van der Waals surface area contributed by atoms with E-state index in [0.29, 0.717) is 24.5 Å². The highest BCUT2D eigenvalue weighted by atomic mass is 16.5. The first-order valence-electron chi connectivity index (χ1n) is 10.9. The average molecular weight is 452 g/mol. The third kappa shape index (κ3) is 4.26. The van der Waals surface area contributed by atoms with Gasteiger partial charge in [0.05, 0.1) is 33.3 Å². The molecule has 4 rings (SSSR count). The van der Waals surface area contributed by atoms with Gasteiger partial charge >= 0.3 is 6.03 Å². The maximum absolute atomic E-state index is 12.7. The number of ether oxygens (including phenoxy) is 2. The number of hydrogen-bond acceptors (Lipinski definition) is 5. The van der Waals surface area contributed by atoms with Gasteiger partial charge in [0, 0.05) is 30.5 Å². The Balaban J connectivity index is 1.81. The van der Waals surface area contributed by atoms with E-state index in [9.17, 15) is 14.7 Å². The minimum absolute atomic E-state index is 0.0812. The summed E-state index contributed by atoms with van der Waals surface area (Å²) in [6.45, 7) is 2.30. The normalized spacial score (nSPS) is 20.2. The van der Waals surface area contributed by atoms with E-state index in [-0.39, 0.29) is 24.4 Å². The van der Waals surface area contributed by atoms with E-state index in [1.54, 1.807) is 31.1 Å². The fourth-order valence-corrected chi connectivity index (χ4v) is 4.47. The number of methoxy groups -OCH3 is 2. The molecule has 2 N–H and O–H groups in total. The van der Waals surface area contributed by atoms with Gasteiger partial charge in [-0.25, -0.2) is 4.79 Å². The predicted molar refractivity (Wildman–Crippen MR) is 126 cm³/mol. The van der Waals surface area contributed by atoms with Crippen molar-refractivity contribution in [1.82, 2.24) is 10.2 Å². The zero-order valence-corrected chi connectivity index (χ0v) is 19.3. The van der Waals surface area contributed by atoms with Gasteiger partial charge in [-0.2, -0.15) is 0 Å². The number of anilines is 1. The highest BCUT2D eigenvalue weighted by Crippen LogP contribution is 2.39. The summed E-state index contributed by atoms with van der Waals surface area (Å²) in [7, 11) is 4.82. The first-order valence-corrected chi connectivity index (χ1v) is 10.9. The number of carbonyl (C=O) groups excluding carboxylic acids is 2. The van der Waals surface area contributed by atoms with Gasteiger partial charge in [0.1, 0.15) is 0 Å². The lowest BCUT2D eigenvalue weighted by Crippen LogP contribution is -2.40. The summed E-state index contributed by atoms with van der Waals surface area (Å²) in [5, 5.41) is 12.5. The number of urea groups is 1. The van der Waals surface area contributed by atoms with Gasteiger partial charge in [0.2, 0.25) is 5.91 Å². The SMILES string of the molecule is CNC(=O)N1C=C(c2ccc(N3CC(O)CC3=O)cc2)c2cc(OC)c(OC)cc2CC1C. The number of nitrogens with zero attached hydrogens (tertiary/aromatic N) is 2. The van der Waals surface area contributed by atoms with Crippen LogP contribution in [0.2, 0.25) is 0 Å². The van der Waals surface area contributed by atoms with Crippen LogP contribution >= 0.6 is 0 Å². The number of benzene rings is 2. The molecular formula is C25H29N3O5. The van der Waals surface area contributed by atoms with Crippen LogP contribution in [0.25, 0.3) is 5.57 Å². The Labute approximate surface area is 193 Å². The molecule has 0 aliphatic carbocycles. The molecule has 33 heavy (non-hydrogen) atoms. The fraction of sp³-hybridized carbons (Fsp3) is 0.360. The van der Waals surface area contributed by atoms with E-state index in [2.05, 4.69) is 5.32 Å². The minimum Gasteiger partial charge on any atom is -0.493 e. The van der Waals surface area contributed by atoms with Gasteiger partial charge in [0.25, 0.3) is 0 Å². The van der Waals surface area contributed by atoms with Gasteiger partial charge in [-0.05, 0) is 54.3 Å². The van der Waals surface area contributed by atoms with Gasteiger partial charge in [-0.15, -0.1) is 0 Å². The molecule has 1 fully saturated rings. The zero-order chi connectivity index (χ0) is 23.7. The van der Waals surface area contributed by atoms with Gasteiger partial charge in [-0.1, -0.05) is 12.1 Å². The molecule has 0 aromatic heterocycles. The molecule has 0 radical (unpaired) electrons. The van der Waals surface area contributed by atoms with Crippen molar-refractivity contribution < 1.29 is 24.2 Å². The van der Waals surface area contributed by atoms with E-state index in [0.717, 1.165) is 28.0 Å². The van der Waals surface area contributed by atoms with Crippen molar-refractivity contribution in [3.05, 3.63) is 59.3 Å². The largest absolute Gasteiger partial charge is 0.493 e. The molecule has 2 atom stereocenters.